The predicted molar refractivity (Wildman–Crippen MR) is 114 cm³/mol. The van der Waals surface area contributed by atoms with Crippen molar-refractivity contribution in [3.05, 3.63) is 67.3 Å². The van der Waals surface area contributed by atoms with Gasteiger partial charge in [0.1, 0.15) is 4.83 Å². The maximum absolute atomic E-state index is 12.8. The molecule has 0 radical (unpaired) electrons. The van der Waals surface area contributed by atoms with E-state index in [1.54, 1.807) is 0 Å². The van der Waals surface area contributed by atoms with Gasteiger partial charge in [-0.1, -0.05) is 48.4 Å². The molecule has 1 unspecified atom stereocenters. The molecular weight excluding hydrogens is 394 g/mol. The Morgan fingerprint density at radius 1 is 1.32 bits per heavy atom. The number of nitrogens with zero attached hydrogens (tertiary/aromatic N) is 2. The first-order valence-electron chi connectivity index (χ1n) is 9.17. The summed E-state index contributed by atoms with van der Waals surface area (Å²) in [6.07, 6.45) is 0.857. The number of benzene rings is 1. The zero-order chi connectivity index (χ0) is 20.0. The van der Waals surface area contributed by atoms with E-state index in [0.29, 0.717) is 28.5 Å². The number of rotatable bonds is 3. The molecule has 7 heteroatoms. The normalized spacial score (nSPS) is 16.6. The van der Waals surface area contributed by atoms with Gasteiger partial charge in [0, 0.05) is 18.2 Å². The van der Waals surface area contributed by atoms with E-state index in [0.717, 1.165) is 26.9 Å². The van der Waals surface area contributed by atoms with Gasteiger partial charge in [-0.25, -0.2) is 5.01 Å². The van der Waals surface area contributed by atoms with E-state index in [4.69, 9.17) is 11.6 Å². The number of pyridine rings is 1. The third-order valence-electron chi connectivity index (χ3n) is 5.15. The van der Waals surface area contributed by atoms with Crippen LogP contribution in [0.5, 0.6) is 0 Å². The lowest BCUT2D eigenvalue weighted by atomic mass is 9.95. The second-order valence-corrected chi connectivity index (χ2v) is 8.70. The van der Waals surface area contributed by atoms with E-state index in [2.05, 4.69) is 10.1 Å². The van der Waals surface area contributed by atoms with Crippen molar-refractivity contribution in [2.24, 2.45) is 5.10 Å². The lowest BCUT2D eigenvalue weighted by Crippen LogP contribution is -2.26. The number of nitrogens with one attached hydrogen (secondary N) is 1. The van der Waals surface area contributed by atoms with Crippen LogP contribution in [0.25, 0.3) is 10.2 Å². The third-order valence-corrected chi connectivity index (χ3v) is 6.33. The number of carbonyl (C=O) groups excluding carboxylic acids is 1. The summed E-state index contributed by atoms with van der Waals surface area (Å²) in [5, 5.41) is 7.04. The molecule has 1 aliphatic heterocycles. The van der Waals surface area contributed by atoms with Crippen LogP contribution >= 0.6 is 22.9 Å². The van der Waals surface area contributed by atoms with Gasteiger partial charge in [-0.3, -0.25) is 9.59 Å². The smallest absolute Gasteiger partial charge is 0.258 e. The molecule has 0 bridgehead atoms. The average Bonchev–Trinajstić information content (AvgIpc) is 3.25. The fourth-order valence-electron chi connectivity index (χ4n) is 3.65. The zero-order valence-corrected chi connectivity index (χ0v) is 17.4. The van der Waals surface area contributed by atoms with Crippen molar-refractivity contribution in [1.82, 2.24) is 9.99 Å². The Bertz CT molecular complexity index is 1160. The number of carbonyl (C=O) groups is 1. The zero-order valence-electron chi connectivity index (χ0n) is 15.9. The fourth-order valence-corrected chi connectivity index (χ4v) is 4.83. The first-order valence-corrected chi connectivity index (χ1v) is 10.4. The summed E-state index contributed by atoms with van der Waals surface area (Å²) in [7, 11) is 0. The van der Waals surface area contributed by atoms with Crippen LogP contribution in [0.15, 0.2) is 40.2 Å². The Morgan fingerprint density at radius 2 is 2.04 bits per heavy atom. The molecule has 5 nitrogen and oxygen atoms in total. The summed E-state index contributed by atoms with van der Waals surface area (Å²) < 4.78 is 0.625. The number of thiophene rings is 1. The predicted octanol–water partition coefficient (Wildman–Crippen LogP) is 4.95. The Hall–Kier alpha value is -2.44. The quantitative estimate of drug-likeness (QED) is 0.660. The van der Waals surface area contributed by atoms with E-state index < -0.39 is 0 Å². The molecule has 0 spiro atoms. The van der Waals surface area contributed by atoms with Crippen molar-refractivity contribution in [3.8, 4) is 0 Å². The van der Waals surface area contributed by atoms with Gasteiger partial charge in [0.25, 0.3) is 5.56 Å². The van der Waals surface area contributed by atoms with Gasteiger partial charge in [0.15, 0.2) is 0 Å². The number of hydrazone groups is 1. The Morgan fingerprint density at radius 3 is 2.71 bits per heavy atom. The maximum atomic E-state index is 12.8. The highest BCUT2D eigenvalue weighted by Gasteiger charge is 2.34. The van der Waals surface area contributed by atoms with Crippen LogP contribution in [0, 0.1) is 13.8 Å². The molecule has 2 aromatic heterocycles. The van der Waals surface area contributed by atoms with Crippen LogP contribution in [0.1, 0.15) is 48.1 Å². The summed E-state index contributed by atoms with van der Waals surface area (Å²) in [5.41, 5.74) is 3.98. The SMILES string of the molecule is CCC(=O)N1N=C(c2c(C)c3cc(Cl)sc3[nH]c2=O)CC1c1ccc(C)cc1. The minimum absolute atomic E-state index is 0.0608. The molecule has 144 valence electrons. The largest absolute Gasteiger partial charge is 0.313 e. The summed E-state index contributed by atoms with van der Waals surface area (Å²) in [4.78, 5) is 29.0. The molecule has 0 aliphatic carbocycles. The van der Waals surface area contributed by atoms with Crippen molar-refractivity contribution in [2.75, 3.05) is 0 Å². The van der Waals surface area contributed by atoms with Gasteiger partial charge < -0.3 is 4.98 Å². The molecular formula is C21H20ClN3O2S. The van der Waals surface area contributed by atoms with Gasteiger partial charge in [-0.05, 0) is 31.0 Å². The Labute approximate surface area is 171 Å². The van der Waals surface area contributed by atoms with Gasteiger partial charge in [-0.15, -0.1) is 11.3 Å². The molecule has 0 fully saturated rings. The van der Waals surface area contributed by atoms with Crippen molar-refractivity contribution in [3.63, 3.8) is 0 Å². The van der Waals surface area contributed by atoms with Crippen LogP contribution in [0.4, 0.5) is 0 Å². The lowest BCUT2D eigenvalue weighted by Gasteiger charge is -2.21. The molecule has 28 heavy (non-hydrogen) atoms. The van der Waals surface area contributed by atoms with E-state index in [9.17, 15) is 9.59 Å². The summed E-state index contributed by atoms with van der Waals surface area (Å²) in [5.74, 6) is -0.0608. The number of H-pyrrole nitrogens is 1. The van der Waals surface area contributed by atoms with E-state index >= 15 is 0 Å². The molecule has 1 N–H and O–H groups in total. The van der Waals surface area contributed by atoms with Crippen LogP contribution < -0.4 is 5.56 Å². The van der Waals surface area contributed by atoms with Gasteiger partial charge in [0.2, 0.25) is 5.91 Å². The highest BCUT2D eigenvalue weighted by atomic mass is 35.5. The minimum Gasteiger partial charge on any atom is -0.313 e. The van der Waals surface area contributed by atoms with Crippen LogP contribution in [0.3, 0.4) is 0 Å². The monoisotopic (exact) mass is 413 g/mol. The Balaban J connectivity index is 1.82. The van der Waals surface area contributed by atoms with Crippen molar-refractivity contribution in [2.45, 2.75) is 39.7 Å². The minimum atomic E-state index is -0.205. The van der Waals surface area contributed by atoms with Crippen LogP contribution in [-0.2, 0) is 4.79 Å². The molecule has 1 amide bonds. The van der Waals surface area contributed by atoms with Gasteiger partial charge >= 0.3 is 0 Å². The number of aryl methyl sites for hydroxylation is 2. The van der Waals surface area contributed by atoms with Crippen molar-refractivity contribution in [1.29, 1.82) is 0 Å². The van der Waals surface area contributed by atoms with Crippen molar-refractivity contribution < 1.29 is 4.79 Å². The number of halogens is 1. The third kappa shape index (κ3) is 3.16. The number of fused-ring (bicyclic) bond motifs is 1. The second kappa shape index (κ2) is 7.18. The molecule has 0 saturated heterocycles. The first-order chi connectivity index (χ1) is 13.4. The molecule has 3 heterocycles. The summed E-state index contributed by atoms with van der Waals surface area (Å²) in [6.45, 7) is 5.75. The van der Waals surface area contributed by atoms with Crippen LogP contribution in [-0.4, -0.2) is 21.6 Å². The molecule has 1 atom stereocenters. The second-order valence-electron chi connectivity index (χ2n) is 7.02. The fraction of sp³-hybridized carbons (Fsp3) is 0.286. The van der Waals surface area contributed by atoms with E-state index in [1.807, 2.05) is 51.1 Å². The lowest BCUT2D eigenvalue weighted by molar-refractivity contribution is -0.132. The number of hydrogen-bond acceptors (Lipinski definition) is 4. The number of aromatic nitrogens is 1. The first kappa shape index (κ1) is 18.9. The highest BCUT2D eigenvalue weighted by molar-refractivity contribution is 7.22. The average molecular weight is 414 g/mol. The van der Waals surface area contributed by atoms with Crippen molar-refractivity contribution >= 4 is 44.8 Å². The maximum Gasteiger partial charge on any atom is 0.258 e. The van der Waals surface area contributed by atoms with Gasteiger partial charge in [0.05, 0.1) is 21.7 Å². The molecule has 1 aromatic carbocycles. The van der Waals surface area contributed by atoms with Crippen LogP contribution in [0.2, 0.25) is 4.34 Å². The summed E-state index contributed by atoms with van der Waals surface area (Å²) in [6, 6.07) is 9.75. The number of amides is 1. The molecule has 0 saturated carbocycles. The van der Waals surface area contributed by atoms with E-state index in [1.165, 1.54) is 16.3 Å². The highest BCUT2D eigenvalue weighted by Crippen LogP contribution is 2.35. The standard InChI is InChI=1S/C21H20ClN3O2S/c1-4-18(26)25-16(13-7-5-11(2)6-8-13)10-15(24-25)19-12(3)14-9-17(22)28-21(14)23-20(19)27/h5-9,16H,4,10H2,1-3H3,(H,23,27). The molecule has 4 rings (SSSR count). The van der Waals surface area contributed by atoms with Gasteiger partial charge in [-0.2, -0.15) is 5.10 Å². The van der Waals surface area contributed by atoms with E-state index in [-0.39, 0.29) is 17.5 Å². The molecule has 1 aliphatic rings. The molecule has 3 aromatic rings. The number of aromatic amines is 1. The summed E-state index contributed by atoms with van der Waals surface area (Å²) >= 11 is 7.48. The topological polar surface area (TPSA) is 65.5 Å². The number of hydrogen-bond donors (Lipinski definition) is 1. The Kier molecular flexibility index (Phi) is 4.85.